The summed E-state index contributed by atoms with van der Waals surface area (Å²) in [5, 5.41) is 2.77. The van der Waals surface area contributed by atoms with Crippen molar-refractivity contribution in [2.24, 2.45) is 0 Å². The van der Waals surface area contributed by atoms with Crippen molar-refractivity contribution in [3.05, 3.63) is 29.8 Å². The third-order valence-electron chi connectivity index (χ3n) is 3.37. The number of rotatable bonds is 6. The van der Waals surface area contributed by atoms with Crippen molar-refractivity contribution in [3.63, 3.8) is 0 Å². The molecule has 1 aromatic rings. The number of hydrogen-bond acceptors (Lipinski definition) is 3. The third kappa shape index (κ3) is 3.01. The fourth-order valence-corrected chi connectivity index (χ4v) is 2.38. The fraction of sp³-hybridized carbons (Fsp3) is 0.500. The predicted octanol–water partition coefficient (Wildman–Crippen LogP) is 1.72. The van der Waals surface area contributed by atoms with Crippen molar-refractivity contribution in [1.82, 2.24) is 5.32 Å². The monoisotopic (exact) mass is 248 g/mol. The topological polar surface area (TPSA) is 41.6 Å². The molecule has 0 spiro atoms. The highest BCUT2D eigenvalue weighted by atomic mass is 16.5. The Kier molecular flexibility index (Phi) is 4.59. The van der Waals surface area contributed by atoms with E-state index in [1.54, 1.807) is 7.11 Å². The van der Waals surface area contributed by atoms with Crippen molar-refractivity contribution >= 4 is 12.1 Å². The SMILES string of the molecule is COCC(NC=O)c1ccc(N2CCCC2)cc1. The molecule has 4 heteroatoms. The Morgan fingerprint density at radius 3 is 2.56 bits per heavy atom. The molecule has 1 unspecified atom stereocenters. The summed E-state index contributed by atoms with van der Waals surface area (Å²) in [5.41, 5.74) is 2.34. The van der Waals surface area contributed by atoms with Crippen molar-refractivity contribution in [2.45, 2.75) is 18.9 Å². The second-order valence-electron chi connectivity index (χ2n) is 4.58. The second kappa shape index (κ2) is 6.40. The molecule has 0 aromatic heterocycles. The van der Waals surface area contributed by atoms with Crippen LogP contribution in [0.15, 0.2) is 24.3 Å². The molecule has 0 bridgehead atoms. The van der Waals surface area contributed by atoms with Gasteiger partial charge < -0.3 is 15.0 Å². The zero-order valence-corrected chi connectivity index (χ0v) is 10.8. The van der Waals surface area contributed by atoms with E-state index in [0.29, 0.717) is 6.61 Å². The zero-order valence-electron chi connectivity index (χ0n) is 10.8. The molecule has 1 aliphatic rings. The van der Waals surface area contributed by atoms with E-state index < -0.39 is 0 Å². The van der Waals surface area contributed by atoms with Crippen LogP contribution < -0.4 is 10.2 Å². The summed E-state index contributed by atoms with van der Waals surface area (Å²) in [6.45, 7) is 2.78. The maximum Gasteiger partial charge on any atom is 0.207 e. The molecule has 4 nitrogen and oxygen atoms in total. The van der Waals surface area contributed by atoms with Gasteiger partial charge in [-0.1, -0.05) is 12.1 Å². The number of methoxy groups -OCH3 is 1. The maximum absolute atomic E-state index is 10.6. The van der Waals surface area contributed by atoms with Crippen molar-refractivity contribution in [1.29, 1.82) is 0 Å². The number of carbonyl (C=O) groups excluding carboxylic acids is 1. The Hall–Kier alpha value is -1.55. The molecule has 1 saturated heterocycles. The molecule has 1 heterocycles. The van der Waals surface area contributed by atoms with E-state index in [9.17, 15) is 4.79 Å². The molecular weight excluding hydrogens is 228 g/mol. The van der Waals surface area contributed by atoms with Crippen molar-refractivity contribution in [3.8, 4) is 0 Å². The van der Waals surface area contributed by atoms with Gasteiger partial charge in [-0.3, -0.25) is 4.79 Å². The molecule has 1 aliphatic heterocycles. The average Bonchev–Trinajstić information content (AvgIpc) is 2.93. The highest BCUT2D eigenvalue weighted by Crippen LogP contribution is 2.22. The molecule has 0 saturated carbocycles. The van der Waals surface area contributed by atoms with Crippen LogP contribution >= 0.6 is 0 Å². The van der Waals surface area contributed by atoms with Gasteiger partial charge in [0.2, 0.25) is 6.41 Å². The molecule has 0 radical (unpaired) electrons. The second-order valence-corrected chi connectivity index (χ2v) is 4.58. The summed E-state index contributed by atoms with van der Waals surface area (Å²) in [6, 6.07) is 8.30. The Morgan fingerprint density at radius 1 is 1.33 bits per heavy atom. The first-order chi connectivity index (χ1) is 8.85. The van der Waals surface area contributed by atoms with Crippen LogP contribution in [0.1, 0.15) is 24.4 Å². The Morgan fingerprint density at radius 2 is 2.00 bits per heavy atom. The minimum atomic E-state index is -0.0693. The number of nitrogens with zero attached hydrogens (tertiary/aromatic N) is 1. The standard InChI is InChI=1S/C14H20N2O2/c1-18-10-14(15-11-17)12-4-6-13(7-5-12)16-8-2-3-9-16/h4-7,11,14H,2-3,8-10H2,1H3,(H,15,17). The number of anilines is 1. The fourth-order valence-electron chi connectivity index (χ4n) is 2.38. The van der Waals surface area contributed by atoms with Crippen LogP contribution in [-0.2, 0) is 9.53 Å². The molecule has 1 N–H and O–H groups in total. The lowest BCUT2D eigenvalue weighted by molar-refractivity contribution is -0.110. The van der Waals surface area contributed by atoms with Crippen molar-refractivity contribution in [2.75, 3.05) is 31.7 Å². The van der Waals surface area contributed by atoms with Crippen LogP contribution in [0.3, 0.4) is 0 Å². The molecule has 1 aromatic carbocycles. The average molecular weight is 248 g/mol. The Labute approximate surface area is 108 Å². The summed E-state index contributed by atoms with van der Waals surface area (Å²) in [6.07, 6.45) is 3.28. The summed E-state index contributed by atoms with van der Waals surface area (Å²) in [7, 11) is 1.64. The van der Waals surface area contributed by atoms with E-state index in [1.165, 1.54) is 18.5 Å². The maximum atomic E-state index is 10.6. The third-order valence-corrected chi connectivity index (χ3v) is 3.37. The summed E-state index contributed by atoms with van der Waals surface area (Å²) >= 11 is 0. The van der Waals surface area contributed by atoms with Gasteiger partial charge in [0, 0.05) is 25.9 Å². The van der Waals surface area contributed by atoms with E-state index in [0.717, 1.165) is 25.1 Å². The van der Waals surface area contributed by atoms with Gasteiger partial charge in [-0.05, 0) is 30.5 Å². The number of nitrogens with one attached hydrogen (secondary N) is 1. The first-order valence-corrected chi connectivity index (χ1v) is 6.38. The summed E-state index contributed by atoms with van der Waals surface area (Å²) in [4.78, 5) is 13.0. The lowest BCUT2D eigenvalue weighted by Crippen LogP contribution is -2.24. The zero-order chi connectivity index (χ0) is 12.8. The molecule has 1 atom stereocenters. The van der Waals surface area contributed by atoms with Gasteiger partial charge in [0.15, 0.2) is 0 Å². The molecule has 0 aliphatic carbocycles. The molecule has 2 rings (SSSR count). The molecular formula is C14H20N2O2. The van der Waals surface area contributed by atoms with Gasteiger partial charge in [0.05, 0.1) is 12.6 Å². The molecule has 98 valence electrons. The Balaban J connectivity index is 2.06. The smallest absolute Gasteiger partial charge is 0.207 e. The lowest BCUT2D eigenvalue weighted by Gasteiger charge is -2.20. The van der Waals surface area contributed by atoms with Crippen LogP contribution in [0.25, 0.3) is 0 Å². The molecule has 1 amide bonds. The predicted molar refractivity (Wildman–Crippen MR) is 71.7 cm³/mol. The lowest BCUT2D eigenvalue weighted by atomic mass is 10.1. The largest absolute Gasteiger partial charge is 0.382 e. The van der Waals surface area contributed by atoms with E-state index in [1.807, 2.05) is 0 Å². The first kappa shape index (κ1) is 12.9. The number of benzene rings is 1. The van der Waals surface area contributed by atoms with Gasteiger partial charge in [0.1, 0.15) is 0 Å². The van der Waals surface area contributed by atoms with E-state index in [4.69, 9.17) is 4.74 Å². The highest BCUT2D eigenvalue weighted by Gasteiger charge is 2.14. The van der Waals surface area contributed by atoms with E-state index >= 15 is 0 Å². The molecule has 18 heavy (non-hydrogen) atoms. The minimum Gasteiger partial charge on any atom is -0.382 e. The van der Waals surface area contributed by atoms with Crippen LogP contribution in [0.4, 0.5) is 5.69 Å². The van der Waals surface area contributed by atoms with E-state index in [2.05, 4.69) is 34.5 Å². The minimum absolute atomic E-state index is 0.0693. The van der Waals surface area contributed by atoms with E-state index in [-0.39, 0.29) is 6.04 Å². The number of hydrogen-bond donors (Lipinski definition) is 1. The summed E-state index contributed by atoms with van der Waals surface area (Å²) in [5.74, 6) is 0. The van der Waals surface area contributed by atoms with Crippen LogP contribution in [0.5, 0.6) is 0 Å². The summed E-state index contributed by atoms with van der Waals surface area (Å²) < 4.78 is 5.11. The normalized spacial score (nSPS) is 16.6. The van der Waals surface area contributed by atoms with Crippen LogP contribution in [0.2, 0.25) is 0 Å². The number of amides is 1. The highest BCUT2D eigenvalue weighted by molar-refractivity contribution is 5.51. The quantitative estimate of drug-likeness (QED) is 0.779. The van der Waals surface area contributed by atoms with Crippen LogP contribution in [-0.4, -0.2) is 33.2 Å². The first-order valence-electron chi connectivity index (χ1n) is 6.38. The van der Waals surface area contributed by atoms with Crippen LogP contribution in [0, 0.1) is 0 Å². The van der Waals surface area contributed by atoms with Gasteiger partial charge >= 0.3 is 0 Å². The molecule has 1 fully saturated rings. The van der Waals surface area contributed by atoms with Gasteiger partial charge in [-0.15, -0.1) is 0 Å². The van der Waals surface area contributed by atoms with Gasteiger partial charge in [-0.25, -0.2) is 0 Å². The van der Waals surface area contributed by atoms with Gasteiger partial charge in [-0.2, -0.15) is 0 Å². The number of ether oxygens (including phenoxy) is 1. The Bertz CT molecular complexity index is 372. The number of carbonyl (C=O) groups is 1. The van der Waals surface area contributed by atoms with Gasteiger partial charge in [0.25, 0.3) is 0 Å². The van der Waals surface area contributed by atoms with Crippen molar-refractivity contribution < 1.29 is 9.53 Å².